The maximum Gasteiger partial charge on any atom is 0.0587 e. The van der Waals surface area contributed by atoms with Crippen LogP contribution in [0.3, 0.4) is 0 Å². The maximum absolute atomic E-state index is 2.58. The van der Waals surface area contributed by atoms with Gasteiger partial charge in [-0.15, -0.1) is 0 Å². The molecule has 4 heteroatoms. The first-order valence-corrected chi connectivity index (χ1v) is 36.2. The van der Waals surface area contributed by atoms with E-state index in [0.29, 0.717) is 0 Å². The number of hydrogen-bond acceptors (Lipinski definition) is 4. The number of fused-ring (bicyclic) bond motifs is 6. The molecule has 0 aliphatic heterocycles. The predicted octanol–water partition coefficient (Wildman–Crippen LogP) is 25.6. The third kappa shape index (κ3) is 11.6. The van der Waals surface area contributed by atoms with Crippen molar-refractivity contribution in [2.24, 2.45) is 5.92 Å². The Labute approximate surface area is 593 Å². The van der Waals surface area contributed by atoms with E-state index >= 15 is 0 Å². The Morgan fingerprint density at radius 1 is 0.356 bits per heavy atom. The monoisotopic (exact) mass is 1300 g/mol. The van der Waals surface area contributed by atoms with Crippen molar-refractivity contribution in [3.05, 3.63) is 385 Å². The molecule has 0 heterocycles. The van der Waals surface area contributed by atoms with Gasteiger partial charge in [0.05, 0.1) is 17.8 Å². The fraction of sp³-hybridized carbons (Fsp3) is 0.113. The van der Waals surface area contributed by atoms with Gasteiger partial charge in [-0.2, -0.15) is 0 Å². The highest BCUT2D eigenvalue weighted by Crippen LogP contribution is 2.46. The number of allylic oxidation sites excluding steroid dienone is 8. The smallest absolute Gasteiger partial charge is 0.0587 e. The molecule has 3 atom stereocenters. The third-order valence-corrected chi connectivity index (χ3v) is 21.7. The van der Waals surface area contributed by atoms with E-state index in [4.69, 9.17) is 0 Å². The molecule has 486 valence electrons. The number of anilines is 7. The molecular formula is C97H78N4. The minimum atomic E-state index is 0.0117. The molecule has 101 heavy (non-hydrogen) atoms. The van der Waals surface area contributed by atoms with Crippen LogP contribution in [0, 0.1) is 5.92 Å². The average molecular weight is 1300 g/mol. The van der Waals surface area contributed by atoms with Crippen LogP contribution in [-0.2, 0) is 12.8 Å². The highest BCUT2D eigenvalue weighted by molar-refractivity contribution is 6.00. The molecule has 0 N–H and O–H groups in total. The molecule has 5 aliphatic carbocycles. The zero-order valence-corrected chi connectivity index (χ0v) is 57.0. The molecule has 13 aromatic carbocycles. The zero-order chi connectivity index (χ0) is 67.2. The van der Waals surface area contributed by atoms with Gasteiger partial charge in [0.15, 0.2) is 0 Å². The fourth-order valence-electron chi connectivity index (χ4n) is 16.7. The Hall–Kier alpha value is -12.0. The molecule has 13 aromatic rings. The first-order chi connectivity index (χ1) is 50.0. The van der Waals surface area contributed by atoms with E-state index in [1.165, 1.54) is 139 Å². The van der Waals surface area contributed by atoms with E-state index < -0.39 is 0 Å². The number of nitrogens with zero attached hydrogens (tertiary/aromatic N) is 4. The Balaban J connectivity index is 0.662. The highest BCUT2D eigenvalue weighted by atomic mass is 15.2. The first kappa shape index (κ1) is 61.4. The normalized spacial score (nSPS) is 16.9. The van der Waals surface area contributed by atoms with Gasteiger partial charge >= 0.3 is 0 Å². The van der Waals surface area contributed by atoms with Gasteiger partial charge in [-0.25, -0.2) is 0 Å². The molecule has 0 aromatic heterocycles. The molecule has 0 radical (unpaired) electrons. The molecule has 3 unspecified atom stereocenters. The summed E-state index contributed by atoms with van der Waals surface area (Å²) in [7, 11) is 0. The molecule has 0 saturated carbocycles. The Morgan fingerprint density at radius 2 is 0.881 bits per heavy atom. The molecule has 4 nitrogen and oxygen atoms in total. The van der Waals surface area contributed by atoms with Crippen molar-refractivity contribution >= 4 is 101 Å². The van der Waals surface area contributed by atoms with Gasteiger partial charge in [-0.1, -0.05) is 280 Å². The predicted molar refractivity (Wildman–Crippen MR) is 431 cm³/mol. The zero-order valence-electron chi connectivity index (χ0n) is 57.0. The minimum absolute atomic E-state index is 0.0117. The van der Waals surface area contributed by atoms with E-state index in [0.717, 1.165) is 62.0 Å². The number of aryl methyl sites for hydroxylation is 1. The minimum Gasteiger partial charge on any atom is -0.334 e. The maximum atomic E-state index is 2.58. The summed E-state index contributed by atoms with van der Waals surface area (Å²) in [5, 5.41) is 10.0. The van der Waals surface area contributed by atoms with Crippen LogP contribution < -0.4 is 19.6 Å². The molecular weight excluding hydrogens is 1220 g/mol. The van der Waals surface area contributed by atoms with E-state index in [-0.39, 0.29) is 18.0 Å². The Bertz CT molecular complexity index is 5600. The number of rotatable bonds is 15. The van der Waals surface area contributed by atoms with Crippen LogP contribution in [0.25, 0.3) is 83.1 Å². The van der Waals surface area contributed by atoms with Crippen molar-refractivity contribution < 1.29 is 0 Å². The van der Waals surface area contributed by atoms with Crippen LogP contribution in [0.4, 0.5) is 39.8 Å². The first-order valence-electron chi connectivity index (χ1n) is 36.2. The van der Waals surface area contributed by atoms with Gasteiger partial charge in [0.2, 0.25) is 0 Å². The lowest BCUT2D eigenvalue weighted by molar-refractivity contribution is 0.604. The number of hydrogen-bond donors (Lipinski definition) is 0. The second kappa shape index (κ2) is 26.7. The average Bonchev–Trinajstić information content (AvgIpc) is 0.769. The van der Waals surface area contributed by atoms with E-state index in [1.54, 1.807) is 0 Å². The lowest BCUT2D eigenvalue weighted by Crippen LogP contribution is -2.37. The van der Waals surface area contributed by atoms with Crippen molar-refractivity contribution in [2.75, 3.05) is 19.6 Å². The van der Waals surface area contributed by atoms with E-state index in [9.17, 15) is 0 Å². The molecule has 0 fully saturated rings. The summed E-state index contributed by atoms with van der Waals surface area (Å²) in [4.78, 5) is 10.2. The van der Waals surface area contributed by atoms with Gasteiger partial charge < -0.3 is 19.6 Å². The third-order valence-electron chi connectivity index (χ3n) is 21.7. The van der Waals surface area contributed by atoms with Gasteiger partial charge in [0.25, 0.3) is 0 Å². The van der Waals surface area contributed by atoms with Crippen LogP contribution in [0.5, 0.6) is 0 Å². The lowest BCUT2D eigenvalue weighted by Gasteiger charge is -2.39. The standard InChI is InChI=1S/C97H78N4/c1-67-66-84(100(96-42-18-30-74-24-6-12-36-91(74)96)80-58-50-77(51-59-80)88-39-15-27-71-21-3-9-33-86(71)88)64-65-93(67)101(97-43-19-31-75-25-7-13-37-92(75)97)83-54-46-69(47-55-83)68-44-52-78(53-45-68)98(94-40-16-28-72-22-4-10-34-89(72)94)81-60-62-82(63-61-81)99(95-41-17-29-73-23-5-11-35-90(73)95)79-56-48-76(49-57-79)87-38-14-26-70-20-2-8-32-85(70)87/h2-4,6-11,13-22,24-35,37-48,50-56,58-60,62-67,81,93H,5,12,23,36,49,57,61H2,1H3. The summed E-state index contributed by atoms with van der Waals surface area (Å²) in [5.41, 5.74) is 25.0. The molecule has 0 spiro atoms. The lowest BCUT2D eigenvalue weighted by atomic mass is 9.90. The highest BCUT2D eigenvalue weighted by Gasteiger charge is 2.32. The molecule has 0 amide bonds. The number of benzene rings is 13. The summed E-state index contributed by atoms with van der Waals surface area (Å²) < 4.78 is 0. The van der Waals surface area contributed by atoms with Gasteiger partial charge in [0.1, 0.15) is 0 Å². The Kier molecular flexibility index (Phi) is 16.2. The van der Waals surface area contributed by atoms with Crippen molar-refractivity contribution in [1.82, 2.24) is 0 Å². The van der Waals surface area contributed by atoms with Crippen LogP contribution in [0.1, 0.15) is 66.8 Å². The molecule has 0 saturated heterocycles. The van der Waals surface area contributed by atoms with Gasteiger partial charge in [-0.3, -0.25) is 0 Å². The van der Waals surface area contributed by atoms with Crippen LogP contribution in [0.2, 0.25) is 0 Å². The van der Waals surface area contributed by atoms with Gasteiger partial charge in [0, 0.05) is 73.5 Å². The summed E-state index contributed by atoms with van der Waals surface area (Å²) in [6, 6.07) is 104. The summed E-state index contributed by atoms with van der Waals surface area (Å²) in [5.74, 6) is 0.122. The second-order valence-corrected chi connectivity index (χ2v) is 27.6. The van der Waals surface area contributed by atoms with E-state index in [1.807, 2.05) is 0 Å². The van der Waals surface area contributed by atoms with Crippen LogP contribution in [-0.4, -0.2) is 12.1 Å². The second-order valence-electron chi connectivity index (χ2n) is 27.6. The fourth-order valence-corrected chi connectivity index (χ4v) is 16.7. The Morgan fingerprint density at radius 3 is 1.53 bits per heavy atom. The van der Waals surface area contributed by atoms with Crippen molar-refractivity contribution in [1.29, 1.82) is 0 Å². The van der Waals surface area contributed by atoms with Crippen LogP contribution in [0.15, 0.2) is 357 Å². The van der Waals surface area contributed by atoms with Crippen molar-refractivity contribution in [3.63, 3.8) is 0 Å². The van der Waals surface area contributed by atoms with Crippen molar-refractivity contribution in [3.8, 4) is 22.3 Å². The van der Waals surface area contributed by atoms with Gasteiger partial charge in [-0.05, 0) is 206 Å². The molecule has 0 bridgehead atoms. The molecule has 18 rings (SSSR count). The summed E-state index contributed by atoms with van der Waals surface area (Å²) >= 11 is 0. The SMILES string of the molecule is CC1C=C(N(c2ccc(-c3cccc4ccccc34)cc2)c2cccc3c2CCC=C3)C=CC1N(c1ccc(-c2ccc(N(c3cccc4ccccc34)C3C=CC(N(C4=CC=C(c5cccc6ccccc56)CC4)c4cccc5c4C=CCC5)=CC3)cc2)cc1)c1cccc2ccccc12. The summed E-state index contributed by atoms with van der Waals surface area (Å²) in [6.45, 7) is 2.39. The van der Waals surface area contributed by atoms with Crippen molar-refractivity contribution in [2.45, 2.75) is 64.0 Å². The summed E-state index contributed by atoms with van der Waals surface area (Å²) in [6.07, 6.45) is 35.7. The van der Waals surface area contributed by atoms with Crippen LogP contribution >= 0.6 is 0 Å². The molecule has 5 aliphatic rings. The topological polar surface area (TPSA) is 13.0 Å². The quantitative estimate of drug-likeness (QED) is 0.101. The van der Waals surface area contributed by atoms with E-state index in [2.05, 4.69) is 378 Å². The largest absolute Gasteiger partial charge is 0.334 e.